The minimum absolute atomic E-state index is 0.459. The van der Waals surface area contributed by atoms with Crippen LogP contribution in [0.1, 0.15) is 10.4 Å². The lowest BCUT2D eigenvalue weighted by Gasteiger charge is -2.09. The van der Waals surface area contributed by atoms with Gasteiger partial charge < -0.3 is 11.5 Å². The lowest BCUT2D eigenvalue weighted by atomic mass is 10.0. The topological polar surface area (TPSA) is 69.1 Å². The lowest BCUT2D eigenvalue weighted by Crippen LogP contribution is -2.13. The van der Waals surface area contributed by atoms with Crippen molar-refractivity contribution < 1.29 is 4.79 Å². The molecule has 0 heterocycles. The number of hydrogen-bond donors (Lipinski definition) is 2. The summed E-state index contributed by atoms with van der Waals surface area (Å²) in [5.74, 6) is -0.459. The number of anilines is 1. The van der Waals surface area contributed by atoms with Crippen molar-refractivity contribution in [1.82, 2.24) is 0 Å². The molecule has 3 nitrogen and oxygen atoms in total. The van der Waals surface area contributed by atoms with Crippen LogP contribution in [0.4, 0.5) is 5.69 Å². The zero-order valence-electron chi connectivity index (χ0n) is 8.98. The van der Waals surface area contributed by atoms with Crippen molar-refractivity contribution in [3.05, 3.63) is 51.6 Å². The van der Waals surface area contributed by atoms with E-state index in [-0.39, 0.29) is 0 Å². The monoisotopic (exact) mass is 338 g/mol. The van der Waals surface area contributed by atoms with Gasteiger partial charge in [-0.05, 0) is 45.9 Å². The molecule has 0 saturated carbocycles. The molecule has 4 heteroatoms. The van der Waals surface area contributed by atoms with Crippen LogP contribution in [0.3, 0.4) is 0 Å². The summed E-state index contributed by atoms with van der Waals surface area (Å²) >= 11 is 2.12. The zero-order valence-corrected chi connectivity index (χ0v) is 11.1. The number of primary amides is 1. The summed E-state index contributed by atoms with van der Waals surface area (Å²) in [6, 6.07) is 13.2. The third-order valence-corrected chi connectivity index (χ3v) is 3.61. The first-order valence-electron chi connectivity index (χ1n) is 5.04. The van der Waals surface area contributed by atoms with Crippen LogP contribution in [0.25, 0.3) is 11.1 Å². The van der Waals surface area contributed by atoms with Crippen LogP contribution >= 0.6 is 22.6 Å². The van der Waals surface area contributed by atoms with Gasteiger partial charge in [0.05, 0.1) is 5.56 Å². The summed E-state index contributed by atoms with van der Waals surface area (Å²) < 4.78 is 0.829. The first-order valence-corrected chi connectivity index (χ1v) is 6.11. The van der Waals surface area contributed by atoms with Crippen LogP contribution in [-0.4, -0.2) is 5.91 Å². The number of nitrogen functional groups attached to an aromatic ring is 1. The predicted molar refractivity (Wildman–Crippen MR) is 77.5 cm³/mol. The molecule has 0 fully saturated rings. The molecule has 4 N–H and O–H groups in total. The third kappa shape index (κ3) is 2.41. The van der Waals surface area contributed by atoms with Gasteiger partial charge >= 0.3 is 0 Å². The normalized spacial score (nSPS) is 10.2. The standard InChI is InChI=1S/C13H11IN2O/c14-12-10(8-4-2-1-3-5-8)6-9(15)7-11(12)13(16)17/h1-7H,15H2,(H2,16,17). The summed E-state index contributed by atoms with van der Waals surface area (Å²) in [4.78, 5) is 11.3. The molecule has 0 aromatic heterocycles. The van der Waals surface area contributed by atoms with Crippen molar-refractivity contribution in [2.24, 2.45) is 5.73 Å². The Morgan fingerprint density at radius 1 is 1.12 bits per heavy atom. The molecule has 0 unspecified atom stereocenters. The highest BCUT2D eigenvalue weighted by atomic mass is 127. The van der Waals surface area contributed by atoms with Crippen LogP contribution < -0.4 is 11.5 Å². The molecule has 86 valence electrons. The van der Waals surface area contributed by atoms with Crippen LogP contribution in [0.15, 0.2) is 42.5 Å². The van der Waals surface area contributed by atoms with Crippen molar-refractivity contribution in [1.29, 1.82) is 0 Å². The van der Waals surface area contributed by atoms with E-state index in [4.69, 9.17) is 11.5 Å². The zero-order chi connectivity index (χ0) is 12.4. The van der Waals surface area contributed by atoms with E-state index < -0.39 is 5.91 Å². The van der Waals surface area contributed by atoms with Crippen LogP contribution in [-0.2, 0) is 0 Å². The van der Waals surface area contributed by atoms with Crippen molar-refractivity contribution in [2.75, 3.05) is 5.73 Å². The maximum absolute atomic E-state index is 11.3. The lowest BCUT2D eigenvalue weighted by molar-refractivity contribution is 0.0999. The fourth-order valence-corrected chi connectivity index (χ4v) is 2.54. The summed E-state index contributed by atoms with van der Waals surface area (Å²) in [6.07, 6.45) is 0. The molecule has 0 radical (unpaired) electrons. The Morgan fingerprint density at radius 2 is 1.76 bits per heavy atom. The molecule has 0 spiro atoms. The Labute approximate surface area is 113 Å². The van der Waals surface area contributed by atoms with E-state index in [1.165, 1.54) is 0 Å². The van der Waals surface area contributed by atoms with E-state index in [2.05, 4.69) is 22.6 Å². The van der Waals surface area contributed by atoms with E-state index >= 15 is 0 Å². The second-order valence-electron chi connectivity index (χ2n) is 3.66. The Kier molecular flexibility index (Phi) is 3.33. The number of nitrogens with two attached hydrogens (primary N) is 2. The summed E-state index contributed by atoms with van der Waals surface area (Å²) in [6.45, 7) is 0. The van der Waals surface area contributed by atoms with Gasteiger partial charge in [-0.1, -0.05) is 30.3 Å². The van der Waals surface area contributed by atoms with Crippen LogP contribution in [0.2, 0.25) is 0 Å². The second kappa shape index (κ2) is 4.75. The average Bonchev–Trinajstić information content (AvgIpc) is 2.32. The third-order valence-electron chi connectivity index (χ3n) is 2.45. The highest BCUT2D eigenvalue weighted by Gasteiger charge is 2.12. The van der Waals surface area contributed by atoms with E-state index in [0.717, 1.165) is 14.7 Å². The number of halogens is 1. The number of rotatable bonds is 2. The summed E-state index contributed by atoms with van der Waals surface area (Å²) in [5.41, 5.74) is 14.1. The molecule has 2 rings (SSSR count). The molecular weight excluding hydrogens is 327 g/mol. The number of carbonyl (C=O) groups is 1. The van der Waals surface area contributed by atoms with E-state index in [1.807, 2.05) is 36.4 Å². The minimum atomic E-state index is -0.459. The van der Waals surface area contributed by atoms with Crippen molar-refractivity contribution in [2.45, 2.75) is 0 Å². The molecule has 2 aromatic rings. The van der Waals surface area contributed by atoms with E-state index in [1.54, 1.807) is 6.07 Å². The second-order valence-corrected chi connectivity index (χ2v) is 4.74. The molecule has 1 amide bonds. The molecule has 0 aliphatic carbocycles. The quantitative estimate of drug-likeness (QED) is 0.653. The Morgan fingerprint density at radius 3 is 2.35 bits per heavy atom. The van der Waals surface area contributed by atoms with Gasteiger partial charge in [0.1, 0.15) is 0 Å². The minimum Gasteiger partial charge on any atom is -0.399 e. The number of amides is 1. The molecule has 0 bridgehead atoms. The summed E-state index contributed by atoms with van der Waals surface area (Å²) in [7, 11) is 0. The molecule has 2 aromatic carbocycles. The van der Waals surface area contributed by atoms with Crippen molar-refractivity contribution in [3.8, 4) is 11.1 Å². The van der Waals surface area contributed by atoms with Gasteiger partial charge in [-0.2, -0.15) is 0 Å². The maximum atomic E-state index is 11.3. The average molecular weight is 338 g/mol. The Bertz CT molecular complexity index is 567. The first-order chi connectivity index (χ1) is 8.09. The largest absolute Gasteiger partial charge is 0.399 e. The molecule has 0 atom stereocenters. The number of benzene rings is 2. The SMILES string of the molecule is NC(=O)c1cc(N)cc(-c2ccccc2)c1I. The predicted octanol–water partition coefficient (Wildman–Crippen LogP) is 2.64. The number of carbonyl (C=O) groups excluding carboxylic acids is 1. The fourth-order valence-electron chi connectivity index (χ4n) is 1.65. The Hall–Kier alpha value is -1.56. The number of hydrogen-bond acceptors (Lipinski definition) is 2. The highest BCUT2D eigenvalue weighted by Crippen LogP contribution is 2.30. The van der Waals surface area contributed by atoms with Gasteiger partial charge in [0.25, 0.3) is 0 Å². The van der Waals surface area contributed by atoms with Crippen molar-refractivity contribution in [3.63, 3.8) is 0 Å². The van der Waals surface area contributed by atoms with Gasteiger partial charge in [-0.15, -0.1) is 0 Å². The van der Waals surface area contributed by atoms with E-state index in [9.17, 15) is 4.79 Å². The highest BCUT2D eigenvalue weighted by molar-refractivity contribution is 14.1. The molecular formula is C13H11IN2O. The fraction of sp³-hybridized carbons (Fsp3) is 0. The van der Waals surface area contributed by atoms with Crippen LogP contribution in [0, 0.1) is 3.57 Å². The van der Waals surface area contributed by atoms with Gasteiger partial charge in [0, 0.05) is 9.26 Å². The molecule has 0 aliphatic heterocycles. The van der Waals surface area contributed by atoms with Gasteiger partial charge in [0.2, 0.25) is 5.91 Å². The smallest absolute Gasteiger partial charge is 0.249 e. The first kappa shape index (κ1) is 11.9. The Balaban J connectivity index is 2.67. The van der Waals surface area contributed by atoms with Gasteiger partial charge in [-0.3, -0.25) is 4.79 Å². The van der Waals surface area contributed by atoms with E-state index in [0.29, 0.717) is 11.3 Å². The molecule has 0 aliphatic rings. The maximum Gasteiger partial charge on any atom is 0.249 e. The molecule has 17 heavy (non-hydrogen) atoms. The van der Waals surface area contributed by atoms with Gasteiger partial charge in [-0.25, -0.2) is 0 Å². The van der Waals surface area contributed by atoms with Crippen LogP contribution in [0.5, 0.6) is 0 Å². The summed E-state index contributed by atoms with van der Waals surface area (Å²) in [5, 5.41) is 0. The van der Waals surface area contributed by atoms with Crippen molar-refractivity contribution >= 4 is 34.2 Å². The van der Waals surface area contributed by atoms with Gasteiger partial charge in [0.15, 0.2) is 0 Å². The molecule has 0 saturated heterocycles.